The highest BCUT2D eigenvalue weighted by molar-refractivity contribution is 5.89. The zero-order valence-corrected chi connectivity index (χ0v) is 9.63. The van der Waals surface area contributed by atoms with Crippen LogP contribution in [-0.2, 0) is 4.79 Å². The zero-order valence-electron chi connectivity index (χ0n) is 9.63. The third-order valence-electron chi connectivity index (χ3n) is 2.11. The Morgan fingerprint density at radius 3 is 2.80 bits per heavy atom. The van der Waals surface area contributed by atoms with E-state index in [1.807, 2.05) is 6.92 Å². The van der Waals surface area contributed by atoms with E-state index < -0.39 is 0 Å². The van der Waals surface area contributed by atoms with E-state index in [0.29, 0.717) is 12.5 Å². The van der Waals surface area contributed by atoms with E-state index in [9.17, 15) is 4.79 Å². The van der Waals surface area contributed by atoms with Crippen LogP contribution in [0.15, 0.2) is 4.99 Å². The van der Waals surface area contributed by atoms with E-state index in [1.54, 1.807) is 0 Å². The van der Waals surface area contributed by atoms with Crippen molar-refractivity contribution in [1.29, 1.82) is 0 Å². The normalized spacial score (nSPS) is 16.9. The van der Waals surface area contributed by atoms with Crippen molar-refractivity contribution in [3.63, 3.8) is 0 Å². The molecule has 1 heterocycles. The monoisotopic (exact) mass is 212 g/mol. The highest BCUT2D eigenvalue weighted by Gasteiger charge is 2.15. The second-order valence-corrected chi connectivity index (χ2v) is 4.16. The minimum atomic E-state index is -0.243. The molecule has 5 heteroatoms. The first kappa shape index (κ1) is 11.8. The van der Waals surface area contributed by atoms with E-state index in [-0.39, 0.29) is 11.9 Å². The lowest BCUT2D eigenvalue weighted by atomic mass is 10.2. The summed E-state index contributed by atoms with van der Waals surface area (Å²) in [6.07, 6.45) is 0. The van der Waals surface area contributed by atoms with Gasteiger partial charge in [0.25, 0.3) is 0 Å². The van der Waals surface area contributed by atoms with Crippen LogP contribution in [0, 0.1) is 5.92 Å². The molecule has 1 aliphatic rings. The van der Waals surface area contributed by atoms with Gasteiger partial charge in [-0.15, -0.1) is 0 Å². The Morgan fingerprint density at radius 2 is 2.27 bits per heavy atom. The van der Waals surface area contributed by atoms with Crippen molar-refractivity contribution in [2.45, 2.75) is 26.8 Å². The number of amides is 1. The second-order valence-electron chi connectivity index (χ2n) is 4.16. The van der Waals surface area contributed by atoms with E-state index in [4.69, 9.17) is 0 Å². The van der Waals surface area contributed by atoms with Gasteiger partial charge in [-0.2, -0.15) is 0 Å². The lowest BCUT2D eigenvalue weighted by Gasteiger charge is -2.15. The maximum atomic E-state index is 11.6. The van der Waals surface area contributed by atoms with Crippen LogP contribution < -0.4 is 16.0 Å². The molecule has 0 fully saturated rings. The molecule has 86 valence electrons. The van der Waals surface area contributed by atoms with Crippen molar-refractivity contribution in [2.24, 2.45) is 10.9 Å². The van der Waals surface area contributed by atoms with Gasteiger partial charge in [0.2, 0.25) is 5.91 Å². The van der Waals surface area contributed by atoms with Crippen LogP contribution in [0.3, 0.4) is 0 Å². The summed E-state index contributed by atoms with van der Waals surface area (Å²) in [7, 11) is 0. The molecular formula is C10H20N4O. The Hall–Kier alpha value is -1.26. The Morgan fingerprint density at radius 1 is 1.53 bits per heavy atom. The first-order valence-corrected chi connectivity index (χ1v) is 5.42. The minimum absolute atomic E-state index is 0.0140. The Balaban J connectivity index is 2.26. The van der Waals surface area contributed by atoms with Crippen LogP contribution in [0.2, 0.25) is 0 Å². The third-order valence-corrected chi connectivity index (χ3v) is 2.11. The van der Waals surface area contributed by atoms with Crippen molar-refractivity contribution in [3.8, 4) is 0 Å². The minimum Gasteiger partial charge on any atom is -0.355 e. The van der Waals surface area contributed by atoms with E-state index in [1.165, 1.54) is 0 Å². The van der Waals surface area contributed by atoms with Gasteiger partial charge in [0.05, 0.1) is 6.54 Å². The number of carbonyl (C=O) groups is 1. The summed E-state index contributed by atoms with van der Waals surface area (Å²) in [6, 6.07) is -0.243. The summed E-state index contributed by atoms with van der Waals surface area (Å²) >= 11 is 0. The van der Waals surface area contributed by atoms with Gasteiger partial charge in [0, 0.05) is 13.1 Å². The van der Waals surface area contributed by atoms with E-state index in [0.717, 1.165) is 19.0 Å². The molecule has 0 aromatic heterocycles. The molecular weight excluding hydrogens is 192 g/mol. The molecule has 1 atom stereocenters. The number of nitrogens with zero attached hydrogens (tertiary/aromatic N) is 1. The van der Waals surface area contributed by atoms with Gasteiger partial charge < -0.3 is 16.0 Å². The Kier molecular flexibility index (Phi) is 4.39. The number of hydrogen-bond acceptors (Lipinski definition) is 4. The third kappa shape index (κ3) is 4.18. The number of carbonyl (C=O) groups excluding carboxylic acids is 1. The molecule has 15 heavy (non-hydrogen) atoms. The average Bonchev–Trinajstić information content (AvgIpc) is 2.66. The molecule has 0 saturated carbocycles. The van der Waals surface area contributed by atoms with Gasteiger partial charge in [-0.3, -0.25) is 9.79 Å². The maximum Gasteiger partial charge on any atom is 0.242 e. The SMILES string of the molecule is CC(C)CNC(=O)C(C)NC1=NCCN1. The molecule has 1 rings (SSSR count). The van der Waals surface area contributed by atoms with Crippen LogP contribution in [0.5, 0.6) is 0 Å². The molecule has 0 spiro atoms. The predicted octanol–water partition coefficient (Wildman–Crippen LogP) is -0.304. The predicted molar refractivity (Wildman–Crippen MR) is 60.8 cm³/mol. The number of aliphatic imine (C=N–C) groups is 1. The first-order valence-electron chi connectivity index (χ1n) is 5.42. The summed E-state index contributed by atoms with van der Waals surface area (Å²) in [5, 5.41) is 8.97. The Labute approximate surface area is 90.7 Å². The number of hydrogen-bond donors (Lipinski definition) is 3. The second kappa shape index (κ2) is 5.58. The maximum absolute atomic E-state index is 11.6. The van der Waals surface area contributed by atoms with Crippen molar-refractivity contribution in [1.82, 2.24) is 16.0 Å². The summed E-state index contributed by atoms with van der Waals surface area (Å²) in [5.74, 6) is 1.21. The van der Waals surface area contributed by atoms with Crippen LogP contribution in [0.1, 0.15) is 20.8 Å². The van der Waals surface area contributed by atoms with Crippen LogP contribution in [-0.4, -0.2) is 37.5 Å². The Bertz CT molecular complexity index is 250. The average molecular weight is 212 g/mol. The first-order chi connectivity index (χ1) is 7.09. The highest BCUT2D eigenvalue weighted by atomic mass is 16.2. The van der Waals surface area contributed by atoms with Gasteiger partial charge in [0.1, 0.15) is 6.04 Å². The van der Waals surface area contributed by atoms with Gasteiger partial charge in [-0.1, -0.05) is 13.8 Å². The number of guanidine groups is 1. The zero-order chi connectivity index (χ0) is 11.3. The van der Waals surface area contributed by atoms with E-state index >= 15 is 0 Å². The fourth-order valence-corrected chi connectivity index (χ4v) is 1.22. The van der Waals surface area contributed by atoms with Crippen molar-refractivity contribution >= 4 is 11.9 Å². The molecule has 0 radical (unpaired) electrons. The fourth-order valence-electron chi connectivity index (χ4n) is 1.22. The van der Waals surface area contributed by atoms with Gasteiger partial charge in [0.15, 0.2) is 5.96 Å². The van der Waals surface area contributed by atoms with Gasteiger partial charge >= 0.3 is 0 Å². The topological polar surface area (TPSA) is 65.5 Å². The molecule has 0 aromatic rings. The van der Waals surface area contributed by atoms with Crippen LogP contribution >= 0.6 is 0 Å². The lowest BCUT2D eigenvalue weighted by Crippen LogP contribution is -2.48. The molecule has 0 saturated heterocycles. The molecule has 0 bridgehead atoms. The van der Waals surface area contributed by atoms with Crippen LogP contribution in [0.25, 0.3) is 0 Å². The molecule has 1 aliphatic heterocycles. The van der Waals surface area contributed by atoms with Crippen molar-refractivity contribution in [3.05, 3.63) is 0 Å². The quantitative estimate of drug-likeness (QED) is 0.599. The summed E-state index contributed by atoms with van der Waals surface area (Å²) in [4.78, 5) is 15.7. The van der Waals surface area contributed by atoms with Gasteiger partial charge in [-0.25, -0.2) is 0 Å². The van der Waals surface area contributed by atoms with E-state index in [2.05, 4.69) is 34.8 Å². The fraction of sp³-hybridized carbons (Fsp3) is 0.800. The molecule has 0 aliphatic carbocycles. The molecule has 1 unspecified atom stereocenters. The molecule has 1 amide bonds. The van der Waals surface area contributed by atoms with Crippen molar-refractivity contribution < 1.29 is 4.79 Å². The summed E-state index contributed by atoms with van der Waals surface area (Å²) < 4.78 is 0. The smallest absolute Gasteiger partial charge is 0.242 e. The number of rotatable bonds is 4. The van der Waals surface area contributed by atoms with Crippen molar-refractivity contribution in [2.75, 3.05) is 19.6 Å². The highest BCUT2D eigenvalue weighted by Crippen LogP contribution is 1.90. The van der Waals surface area contributed by atoms with Crippen LogP contribution in [0.4, 0.5) is 0 Å². The molecule has 3 N–H and O–H groups in total. The number of nitrogens with one attached hydrogen (secondary N) is 3. The lowest BCUT2D eigenvalue weighted by molar-refractivity contribution is -0.122. The largest absolute Gasteiger partial charge is 0.355 e. The standard InChI is InChI=1S/C10H20N4O/c1-7(2)6-13-9(15)8(3)14-10-11-4-5-12-10/h7-8H,4-6H2,1-3H3,(H,13,15)(H2,11,12,14). The molecule has 5 nitrogen and oxygen atoms in total. The summed E-state index contributed by atoms with van der Waals surface area (Å²) in [6.45, 7) is 8.32. The summed E-state index contributed by atoms with van der Waals surface area (Å²) in [5.41, 5.74) is 0. The van der Waals surface area contributed by atoms with Gasteiger partial charge in [-0.05, 0) is 12.8 Å². The molecule has 0 aromatic carbocycles.